The molecule has 0 heterocycles. The Balaban J connectivity index is 2.58. The van der Waals surface area contributed by atoms with Crippen molar-refractivity contribution in [3.05, 3.63) is 34.3 Å². The molecule has 0 radical (unpaired) electrons. The fourth-order valence-corrected chi connectivity index (χ4v) is 2.56. The maximum Gasteiger partial charge on any atom is 0.251 e. The molecule has 0 saturated carbocycles. The Morgan fingerprint density at radius 2 is 2.10 bits per heavy atom. The van der Waals surface area contributed by atoms with Crippen molar-refractivity contribution in [1.29, 1.82) is 0 Å². The first-order valence-corrected chi connectivity index (χ1v) is 7.40. The van der Waals surface area contributed by atoms with E-state index in [4.69, 9.17) is 5.11 Å². The van der Waals surface area contributed by atoms with Crippen LogP contribution in [-0.4, -0.2) is 49.7 Å². The van der Waals surface area contributed by atoms with Crippen molar-refractivity contribution >= 4 is 15.9 Å². The van der Waals surface area contributed by atoms with Crippen molar-refractivity contribution in [3.63, 3.8) is 0 Å². The van der Waals surface area contributed by atoms with E-state index < -0.39 is 6.43 Å². The predicted octanol–water partition coefficient (Wildman–Crippen LogP) is 2.66. The largest absolute Gasteiger partial charge is 0.395 e. The van der Waals surface area contributed by atoms with Crippen LogP contribution in [-0.2, 0) is 0 Å². The maximum absolute atomic E-state index is 12.4. The molecule has 1 aromatic carbocycles. The van der Waals surface area contributed by atoms with E-state index in [-0.39, 0.29) is 25.7 Å². The fourth-order valence-electron chi connectivity index (χ4n) is 2.14. The van der Waals surface area contributed by atoms with E-state index in [1.165, 1.54) is 0 Å². The second kappa shape index (κ2) is 9.39. The lowest BCUT2D eigenvalue weighted by Gasteiger charge is -2.24. The minimum absolute atomic E-state index is 0.103. The van der Waals surface area contributed by atoms with E-state index in [0.717, 1.165) is 10.0 Å². The van der Waals surface area contributed by atoms with Crippen LogP contribution in [0, 0.1) is 0 Å². The van der Waals surface area contributed by atoms with E-state index in [1.807, 2.05) is 31.3 Å². The third-order valence-corrected chi connectivity index (χ3v) is 3.64. The first-order valence-electron chi connectivity index (χ1n) is 6.61. The van der Waals surface area contributed by atoms with E-state index in [2.05, 4.69) is 21.2 Å². The van der Waals surface area contributed by atoms with Crippen molar-refractivity contribution in [2.24, 2.45) is 0 Å². The van der Waals surface area contributed by atoms with Crippen LogP contribution in [0.15, 0.2) is 28.7 Å². The van der Waals surface area contributed by atoms with Gasteiger partial charge in [0.2, 0.25) is 0 Å². The smallest absolute Gasteiger partial charge is 0.251 e. The van der Waals surface area contributed by atoms with Gasteiger partial charge in [-0.05, 0) is 31.2 Å². The number of hydrogen-bond acceptors (Lipinski definition) is 3. The minimum atomic E-state index is -2.37. The predicted molar refractivity (Wildman–Crippen MR) is 80.1 cm³/mol. The molecule has 0 fully saturated rings. The van der Waals surface area contributed by atoms with Gasteiger partial charge in [-0.2, -0.15) is 0 Å². The molecule has 114 valence electrons. The Labute approximate surface area is 127 Å². The highest BCUT2D eigenvalue weighted by Crippen LogP contribution is 2.21. The molecule has 0 bridgehead atoms. The van der Waals surface area contributed by atoms with Crippen LogP contribution >= 0.6 is 15.9 Å². The van der Waals surface area contributed by atoms with Crippen LogP contribution in [0.4, 0.5) is 8.78 Å². The molecular formula is C14H21BrF2N2O. The van der Waals surface area contributed by atoms with E-state index in [1.54, 1.807) is 4.90 Å². The summed E-state index contributed by atoms with van der Waals surface area (Å²) < 4.78 is 25.9. The molecule has 0 spiro atoms. The van der Waals surface area contributed by atoms with Crippen molar-refractivity contribution < 1.29 is 13.9 Å². The fraction of sp³-hybridized carbons (Fsp3) is 0.571. The molecule has 0 aromatic heterocycles. The van der Waals surface area contributed by atoms with Crippen molar-refractivity contribution in [2.45, 2.75) is 18.9 Å². The van der Waals surface area contributed by atoms with Gasteiger partial charge >= 0.3 is 0 Å². The molecular weight excluding hydrogens is 330 g/mol. The highest BCUT2D eigenvalue weighted by atomic mass is 79.9. The number of aliphatic hydroxyl groups excluding tert-OH is 1. The summed E-state index contributed by atoms with van der Waals surface area (Å²) in [6.45, 7) is 0.394. The first-order chi connectivity index (χ1) is 9.56. The summed E-state index contributed by atoms with van der Waals surface area (Å²) in [5.74, 6) is 0. The SMILES string of the molecule is CNC(CCN(CCO)CC(F)F)c1cccc(Br)c1. The van der Waals surface area contributed by atoms with E-state index >= 15 is 0 Å². The highest BCUT2D eigenvalue weighted by molar-refractivity contribution is 9.10. The number of alkyl halides is 2. The van der Waals surface area contributed by atoms with Crippen molar-refractivity contribution in [2.75, 3.05) is 33.3 Å². The lowest BCUT2D eigenvalue weighted by Crippen LogP contribution is -2.34. The Morgan fingerprint density at radius 1 is 1.35 bits per heavy atom. The number of hydrogen-bond donors (Lipinski definition) is 2. The molecule has 0 aliphatic carbocycles. The maximum atomic E-state index is 12.4. The molecule has 0 aliphatic rings. The van der Waals surface area contributed by atoms with Crippen LogP contribution in [0.1, 0.15) is 18.0 Å². The average Bonchev–Trinajstić information content (AvgIpc) is 2.39. The van der Waals surface area contributed by atoms with Gasteiger partial charge < -0.3 is 10.4 Å². The second-order valence-electron chi connectivity index (χ2n) is 4.60. The van der Waals surface area contributed by atoms with E-state index in [0.29, 0.717) is 13.0 Å². The summed E-state index contributed by atoms with van der Waals surface area (Å²) in [4.78, 5) is 1.59. The van der Waals surface area contributed by atoms with Gasteiger partial charge in [-0.3, -0.25) is 4.90 Å². The van der Waals surface area contributed by atoms with Gasteiger partial charge in [-0.15, -0.1) is 0 Å². The molecule has 6 heteroatoms. The third kappa shape index (κ3) is 6.26. The molecule has 20 heavy (non-hydrogen) atoms. The van der Waals surface area contributed by atoms with Gasteiger partial charge in [0, 0.05) is 23.6 Å². The minimum Gasteiger partial charge on any atom is -0.395 e. The molecule has 0 aliphatic heterocycles. The average molecular weight is 351 g/mol. The Hall–Kier alpha value is -0.560. The highest BCUT2D eigenvalue weighted by Gasteiger charge is 2.15. The lowest BCUT2D eigenvalue weighted by atomic mass is 10.0. The summed E-state index contributed by atoms with van der Waals surface area (Å²) in [6.07, 6.45) is -1.67. The van der Waals surface area contributed by atoms with Gasteiger partial charge in [0.15, 0.2) is 0 Å². The molecule has 0 amide bonds. The molecule has 1 atom stereocenters. The summed E-state index contributed by atoms with van der Waals surface area (Å²) >= 11 is 3.43. The zero-order valence-corrected chi connectivity index (χ0v) is 13.1. The van der Waals surface area contributed by atoms with E-state index in [9.17, 15) is 8.78 Å². The topological polar surface area (TPSA) is 35.5 Å². The molecule has 1 unspecified atom stereocenters. The quantitative estimate of drug-likeness (QED) is 0.718. The molecule has 3 nitrogen and oxygen atoms in total. The zero-order valence-electron chi connectivity index (χ0n) is 11.5. The Morgan fingerprint density at radius 3 is 2.65 bits per heavy atom. The molecule has 1 aromatic rings. The van der Waals surface area contributed by atoms with Crippen LogP contribution in [0.3, 0.4) is 0 Å². The number of aliphatic hydroxyl groups is 1. The molecule has 1 rings (SSSR count). The van der Waals surface area contributed by atoms with Crippen LogP contribution in [0.5, 0.6) is 0 Å². The summed E-state index contributed by atoms with van der Waals surface area (Å²) in [7, 11) is 1.86. The number of nitrogens with one attached hydrogen (secondary N) is 1. The van der Waals surface area contributed by atoms with Crippen LogP contribution < -0.4 is 5.32 Å². The molecule has 0 saturated heterocycles. The number of rotatable bonds is 9. The first kappa shape index (κ1) is 17.5. The molecule has 2 N–H and O–H groups in total. The third-order valence-electron chi connectivity index (χ3n) is 3.15. The number of benzene rings is 1. The van der Waals surface area contributed by atoms with Crippen molar-refractivity contribution in [1.82, 2.24) is 10.2 Å². The summed E-state index contributed by atoms with van der Waals surface area (Å²) in [5.41, 5.74) is 1.11. The van der Waals surface area contributed by atoms with Crippen LogP contribution in [0.2, 0.25) is 0 Å². The number of halogens is 3. The monoisotopic (exact) mass is 350 g/mol. The van der Waals surface area contributed by atoms with Gasteiger partial charge in [-0.25, -0.2) is 8.78 Å². The van der Waals surface area contributed by atoms with Gasteiger partial charge in [0.25, 0.3) is 6.43 Å². The summed E-state index contributed by atoms with van der Waals surface area (Å²) in [5, 5.41) is 12.1. The Kier molecular flexibility index (Phi) is 8.21. The zero-order chi connectivity index (χ0) is 15.0. The normalized spacial score (nSPS) is 13.2. The van der Waals surface area contributed by atoms with Gasteiger partial charge in [0.1, 0.15) is 0 Å². The summed E-state index contributed by atoms with van der Waals surface area (Å²) in [6, 6.07) is 8.03. The second-order valence-corrected chi connectivity index (χ2v) is 5.52. The van der Waals surface area contributed by atoms with Crippen molar-refractivity contribution in [3.8, 4) is 0 Å². The standard InChI is InChI=1S/C14H21BrF2N2O/c1-18-13(11-3-2-4-12(15)9-11)5-6-19(7-8-20)10-14(16)17/h2-4,9,13-14,18,20H,5-8,10H2,1H3. The van der Waals surface area contributed by atoms with Crippen LogP contribution in [0.25, 0.3) is 0 Å². The van der Waals surface area contributed by atoms with Gasteiger partial charge in [0.05, 0.1) is 13.2 Å². The number of nitrogens with zero attached hydrogens (tertiary/aromatic N) is 1. The lowest BCUT2D eigenvalue weighted by molar-refractivity contribution is 0.0763. The Bertz CT molecular complexity index is 393. The van der Waals surface area contributed by atoms with Gasteiger partial charge in [-0.1, -0.05) is 28.1 Å².